The molecule has 3 heterocycles. The number of hydrogen-bond acceptors (Lipinski definition) is 5. The normalized spacial score (nSPS) is 19.5. The Bertz CT molecular complexity index is 505. The summed E-state index contributed by atoms with van der Waals surface area (Å²) in [6.45, 7) is 1.13. The molecule has 2 aromatic heterocycles. The minimum Gasteiger partial charge on any atom is -0.339 e. The molecule has 5 heteroatoms. The Hall–Kier alpha value is -1.75. The van der Waals surface area contributed by atoms with Crippen LogP contribution < -0.4 is 5.32 Å². The van der Waals surface area contributed by atoms with Gasteiger partial charge in [-0.05, 0) is 37.9 Å². The number of nitrogens with zero attached hydrogens (tertiary/aromatic N) is 3. The third kappa shape index (κ3) is 3.17. The van der Waals surface area contributed by atoms with E-state index >= 15 is 0 Å². The van der Waals surface area contributed by atoms with Gasteiger partial charge in [-0.25, -0.2) is 0 Å². The lowest BCUT2D eigenvalue weighted by atomic mass is 10.0. The zero-order valence-electron chi connectivity index (χ0n) is 10.9. The first kappa shape index (κ1) is 12.3. The van der Waals surface area contributed by atoms with Gasteiger partial charge in [0, 0.05) is 30.4 Å². The van der Waals surface area contributed by atoms with Crippen LogP contribution in [-0.4, -0.2) is 27.7 Å². The van der Waals surface area contributed by atoms with Crippen LogP contribution >= 0.6 is 0 Å². The molecule has 0 aromatic carbocycles. The molecule has 0 saturated carbocycles. The fourth-order valence-corrected chi connectivity index (χ4v) is 2.44. The van der Waals surface area contributed by atoms with Gasteiger partial charge in [0.15, 0.2) is 0 Å². The summed E-state index contributed by atoms with van der Waals surface area (Å²) < 4.78 is 5.29. The van der Waals surface area contributed by atoms with Crippen LogP contribution in [0.4, 0.5) is 0 Å². The van der Waals surface area contributed by atoms with Crippen molar-refractivity contribution in [2.75, 3.05) is 6.54 Å². The van der Waals surface area contributed by atoms with E-state index in [1.165, 1.54) is 19.3 Å². The summed E-state index contributed by atoms with van der Waals surface area (Å²) in [5, 5.41) is 7.53. The van der Waals surface area contributed by atoms with Crippen LogP contribution in [-0.2, 0) is 6.42 Å². The van der Waals surface area contributed by atoms with E-state index in [1.54, 1.807) is 12.4 Å². The Balaban J connectivity index is 1.59. The number of aromatic nitrogens is 3. The van der Waals surface area contributed by atoms with Crippen LogP contribution in [0.3, 0.4) is 0 Å². The fourth-order valence-electron chi connectivity index (χ4n) is 2.44. The topological polar surface area (TPSA) is 63.8 Å². The molecule has 100 valence electrons. The lowest BCUT2D eigenvalue weighted by Gasteiger charge is -2.22. The predicted molar refractivity (Wildman–Crippen MR) is 71.5 cm³/mol. The Morgan fingerprint density at radius 1 is 1.37 bits per heavy atom. The summed E-state index contributed by atoms with van der Waals surface area (Å²) in [6.07, 6.45) is 9.25. The van der Waals surface area contributed by atoms with Gasteiger partial charge in [-0.15, -0.1) is 0 Å². The van der Waals surface area contributed by atoms with Gasteiger partial charge in [0.25, 0.3) is 0 Å². The van der Waals surface area contributed by atoms with Crippen LogP contribution in [0.5, 0.6) is 0 Å². The van der Waals surface area contributed by atoms with Crippen molar-refractivity contribution in [3.8, 4) is 11.4 Å². The molecule has 19 heavy (non-hydrogen) atoms. The second-order valence-corrected chi connectivity index (χ2v) is 4.94. The monoisotopic (exact) mass is 258 g/mol. The number of hydrogen-bond donors (Lipinski definition) is 1. The largest absolute Gasteiger partial charge is 0.339 e. The van der Waals surface area contributed by atoms with E-state index in [-0.39, 0.29) is 0 Å². The second-order valence-electron chi connectivity index (χ2n) is 4.94. The fraction of sp³-hybridized carbons (Fsp3) is 0.500. The Morgan fingerprint density at radius 2 is 2.37 bits per heavy atom. The zero-order chi connectivity index (χ0) is 12.9. The summed E-state index contributed by atoms with van der Waals surface area (Å²) in [5.41, 5.74) is 0.897. The third-order valence-electron chi connectivity index (χ3n) is 3.51. The highest BCUT2D eigenvalue weighted by Gasteiger charge is 2.14. The molecule has 0 radical (unpaired) electrons. The van der Waals surface area contributed by atoms with Gasteiger partial charge in [-0.1, -0.05) is 11.6 Å². The summed E-state index contributed by atoms with van der Waals surface area (Å²) in [7, 11) is 0. The van der Waals surface area contributed by atoms with Crippen molar-refractivity contribution in [3.63, 3.8) is 0 Å². The zero-order valence-corrected chi connectivity index (χ0v) is 10.9. The van der Waals surface area contributed by atoms with E-state index in [4.69, 9.17) is 4.52 Å². The van der Waals surface area contributed by atoms with Crippen molar-refractivity contribution >= 4 is 0 Å². The SMILES string of the molecule is c1cncc(-c2noc(CCC3CCCCN3)n2)c1. The minimum atomic E-state index is 0.600. The highest BCUT2D eigenvalue weighted by molar-refractivity contribution is 5.51. The lowest BCUT2D eigenvalue weighted by molar-refractivity contribution is 0.342. The van der Waals surface area contributed by atoms with Crippen molar-refractivity contribution in [2.24, 2.45) is 0 Å². The van der Waals surface area contributed by atoms with Gasteiger partial charge in [-0.3, -0.25) is 4.98 Å². The molecule has 0 spiro atoms. The average Bonchev–Trinajstić information content (AvgIpc) is 2.96. The Kier molecular flexibility index (Phi) is 3.83. The predicted octanol–water partition coefficient (Wildman–Crippen LogP) is 2.21. The highest BCUT2D eigenvalue weighted by atomic mass is 16.5. The maximum absolute atomic E-state index is 5.29. The van der Waals surface area contributed by atoms with E-state index in [0.717, 1.165) is 24.9 Å². The van der Waals surface area contributed by atoms with Crippen molar-refractivity contribution in [1.82, 2.24) is 20.4 Å². The van der Waals surface area contributed by atoms with Crippen LogP contribution in [0, 0.1) is 0 Å². The van der Waals surface area contributed by atoms with E-state index in [9.17, 15) is 0 Å². The highest BCUT2D eigenvalue weighted by Crippen LogP contribution is 2.16. The molecule has 0 amide bonds. The lowest BCUT2D eigenvalue weighted by Crippen LogP contribution is -2.34. The molecule has 0 bridgehead atoms. The molecular weight excluding hydrogens is 240 g/mol. The van der Waals surface area contributed by atoms with E-state index < -0.39 is 0 Å². The van der Waals surface area contributed by atoms with Crippen LogP contribution in [0.2, 0.25) is 0 Å². The van der Waals surface area contributed by atoms with E-state index in [2.05, 4.69) is 20.4 Å². The standard InChI is InChI=1S/C14H18N4O/c1-2-9-16-12(5-1)6-7-13-17-14(18-19-13)11-4-3-8-15-10-11/h3-4,8,10,12,16H,1-2,5-7,9H2. The van der Waals surface area contributed by atoms with Crippen LogP contribution in [0.1, 0.15) is 31.6 Å². The summed E-state index contributed by atoms with van der Waals surface area (Å²) >= 11 is 0. The van der Waals surface area contributed by atoms with Crippen molar-refractivity contribution in [1.29, 1.82) is 0 Å². The molecule has 1 saturated heterocycles. The number of piperidine rings is 1. The molecule has 5 nitrogen and oxygen atoms in total. The summed E-state index contributed by atoms with van der Waals surface area (Å²) in [5.74, 6) is 1.34. The molecular formula is C14H18N4O. The van der Waals surface area contributed by atoms with Crippen molar-refractivity contribution in [3.05, 3.63) is 30.4 Å². The molecule has 0 aliphatic carbocycles. The molecule has 1 atom stereocenters. The van der Waals surface area contributed by atoms with Gasteiger partial charge in [0.05, 0.1) is 0 Å². The van der Waals surface area contributed by atoms with E-state index in [1.807, 2.05) is 12.1 Å². The third-order valence-corrected chi connectivity index (χ3v) is 3.51. The molecule has 1 N–H and O–H groups in total. The average molecular weight is 258 g/mol. The summed E-state index contributed by atoms with van der Waals surface area (Å²) in [4.78, 5) is 8.48. The second kappa shape index (κ2) is 5.93. The summed E-state index contributed by atoms with van der Waals surface area (Å²) in [6, 6.07) is 4.41. The maximum Gasteiger partial charge on any atom is 0.227 e. The number of nitrogens with one attached hydrogen (secondary N) is 1. The number of rotatable bonds is 4. The van der Waals surface area contributed by atoms with Gasteiger partial charge >= 0.3 is 0 Å². The maximum atomic E-state index is 5.29. The quantitative estimate of drug-likeness (QED) is 0.910. The Morgan fingerprint density at radius 3 is 3.16 bits per heavy atom. The molecule has 1 aliphatic rings. The smallest absolute Gasteiger partial charge is 0.227 e. The van der Waals surface area contributed by atoms with Gasteiger partial charge in [0.1, 0.15) is 0 Å². The van der Waals surface area contributed by atoms with Gasteiger partial charge in [-0.2, -0.15) is 4.98 Å². The number of aryl methyl sites for hydroxylation is 1. The first-order valence-corrected chi connectivity index (χ1v) is 6.88. The van der Waals surface area contributed by atoms with Crippen LogP contribution in [0.25, 0.3) is 11.4 Å². The minimum absolute atomic E-state index is 0.600. The number of pyridine rings is 1. The molecule has 3 rings (SSSR count). The van der Waals surface area contributed by atoms with Gasteiger partial charge in [0.2, 0.25) is 11.7 Å². The van der Waals surface area contributed by atoms with Gasteiger partial charge < -0.3 is 9.84 Å². The Labute approximate surface area is 112 Å². The molecule has 2 aromatic rings. The first-order chi connectivity index (χ1) is 9.42. The van der Waals surface area contributed by atoms with Crippen LogP contribution in [0.15, 0.2) is 29.0 Å². The van der Waals surface area contributed by atoms with Crippen molar-refractivity contribution in [2.45, 2.75) is 38.1 Å². The molecule has 1 unspecified atom stereocenters. The van der Waals surface area contributed by atoms with Crippen molar-refractivity contribution < 1.29 is 4.52 Å². The first-order valence-electron chi connectivity index (χ1n) is 6.88. The van der Waals surface area contributed by atoms with E-state index in [0.29, 0.717) is 17.8 Å². The molecule has 1 fully saturated rings. The molecule has 1 aliphatic heterocycles.